The number of methoxy groups -OCH3 is 1. The number of benzene rings is 2. The molecule has 2 rings (SSSR count). The lowest BCUT2D eigenvalue weighted by Gasteiger charge is -2.20. The smallest absolute Gasteiger partial charge is 0.244 e. The molecule has 5 heteroatoms. The highest BCUT2D eigenvalue weighted by atomic mass is 79.9. The molecule has 1 amide bonds. The molecule has 0 aliphatic heterocycles. The molecule has 3 N–H and O–H groups in total. The largest absolute Gasteiger partial charge is 0.495 e. The van der Waals surface area contributed by atoms with Gasteiger partial charge in [0, 0.05) is 4.47 Å². The van der Waals surface area contributed by atoms with Gasteiger partial charge in [0.1, 0.15) is 11.8 Å². The van der Waals surface area contributed by atoms with Gasteiger partial charge in [-0.2, -0.15) is 0 Å². The van der Waals surface area contributed by atoms with E-state index in [-0.39, 0.29) is 0 Å². The van der Waals surface area contributed by atoms with Crippen LogP contribution in [0.15, 0.2) is 53.0 Å². The maximum Gasteiger partial charge on any atom is 0.244 e. The molecule has 0 aliphatic carbocycles. The number of para-hydroxylation sites is 2. The van der Waals surface area contributed by atoms with Crippen molar-refractivity contribution in [1.82, 2.24) is 0 Å². The van der Waals surface area contributed by atoms with Crippen LogP contribution in [0.5, 0.6) is 5.75 Å². The molecule has 0 saturated heterocycles. The number of nitrogens with one attached hydrogen (secondary N) is 1. The molecule has 0 aliphatic rings. The predicted molar refractivity (Wildman–Crippen MR) is 82.7 cm³/mol. The van der Waals surface area contributed by atoms with Crippen molar-refractivity contribution >= 4 is 27.5 Å². The zero-order valence-corrected chi connectivity index (χ0v) is 12.6. The Kier molecular flexibility index (Phi) is 4.63. The summed E-state index contributed by atoms with van der Waals surface area (Å²) in [5.41, 5.74) is 7.01. The quantitative estimate of drug-likeness (QED) is 0.883. The van der Waals surface area contributed by atoms with E-state index < -0.39 is 11.9 Å². The summed E-state index contributed by atoms with van der Waals surface area (Å²) in [4.78, 5) is 11.8. The van der Waals surface area contributed by atoms with Crippen molar-refractivity contribution < 1.29 is 9.53 Å². The number of carbonyl (C=O) groups excluding carboxylic acids is 1. The van der Waals surface area contributed by atoms with Gasteiger partial charge in [0.05, 0.1) is 12.8 Å². The SMILES string of the molecule is COc1ccccc1NC(C(N)=O)c1ccccc1Br. The van der Waals surface area contributed by atoms with Gasteiger partial charge in [0.25, 0.3) is 0 Å². The number of anilines is 1. The third-order valence-electron chi connectivity index (χ3n) is 2.91. The molecular formula is C15H15BrN2O2. The number of halogens is 1. The molecule has 2 aromatic carbocycles. The second kappa shape index (κ2) is 6.43. The summed E-state index contributed by atoms with van der Waals surface area (Å²) in [6, 6.07) is 14.2. The molecule has 104 valence electrons. The van der Waals surface area contributed by atoms with Crippen molar-refractivity contribution in [2.75, 3.05) is 12.4 Å². The molecule has 1 atom stereocenters. The fourth-order valence-electron chi connectivity index (χ4n) is 1.93. The summed E-state index contributed by atoms with van der Waals surface area (Å²) < 4.78 is 6.09. The minimum Gasteiger partial charge on any atom is -0.495 e. The van der Waals surface area contributed by atoms with E-state index in [1.165, 1.54) is 0 Å². The van der Waals surface area contributed by atoms with E-state index in [4.69, 9.17) is 10.5 Å². The minimum atomic E-state index is -0.637. The molecular weight excluding hydrogens is 320 g/mol. The summed E-state index contributed by atoms with van der Waals surface area (Å²) in [5, 5.41) is 3.13. The van der Waals surface area contributed by atoms with Gasteiger partial charge in [-0.3, -0.25) is 4.79 Å². The molecule has 4 nitrogen and oxygen atoms in total. The van der Waals surface area contributed by atoms with Gasteiger partial charge in [0.2, 0.25) is 5.91 Å². The maximum atomic E-state index is 11.8. The average Bonchev–Trinajstić information content (AvgIpc) is 2.46. The molecule has 2 aromatic rings. The Hall–Kier alpha value is -2.01. The average molecular weight is 335 g/mol. The minimum absolute atomic E-state index is 0.456. The summed E-state index contributed by atoms with van der Waals surface area (Å²) in [6.45, 7) is 0. The fourth-order valence-corrected chi connectivity index (χ4v) is 2.44. The topological polar surface area (TPSA) is 64.3 Å². The van der Waals surface area contributed by atoms with Crippen molar-refractivity contribution in [3.63, 3.8) is 0 Å². The van der Waals surface area contributed by atoms with Crippen LogP contribution in [0.4, 0.5) is 5.69 Å². The normalized spacial score (nSPS) is 11.7. The molecule has 1 unspecified atom stereocenters. The van der Waals surface area contributed by atoms with Crippen molar-refractivity contribution in [2.24, 2.45) is 5.73 Å². The van der Waals surface area contributed by atoms with Crippen LogP contribution in [0.25, 0.3) is 0 Å². The van der Waals surface area contributed by atoms with E-state index in [0.717, 1.165) is 15.7 Å². The lowest BCUT2D eigenvalue weighted by atomic mass is 10.1. The van der Waals surface area contributed by atoms with Crippen molar-refractivity contribution in [1.29, 1.82) is 0 Å². The fraction of sp³-hybridized carbons (Fsp3) is 0.133. The lowest BCUT2D eigenvalue weighted by Crippen LogP contribution is -2.28. The number of carbonyl (C=O) groups is 1. The van der Waals surface area contributed by atoms with Crippen LogP contribution in [0.1, 0.15) is 11.6 Å². The first-order valence-electron chi connectivity index (χ1n) is 6.06. The lowest BCUT2D eigenvalue weighted by molar-refractivity contribution is -0.118. The second-order valence-electron chi connectivity index (χ2n) is 4.20. The Morgan fingerprint density at radius 2 is 1.85 bits per heavy atom. The number of amides is 1. The van der Waals surface area contributed by atoms with Crippen LogP contribution in [-0.4, -0.2) is 13.0 Å². The standard InChI is InChI=1S/C15H15BrN2O2/c1-20-13-9-5-4-8-12(13)18-14(15(17)19)10-6-2-3-7-11(10)16/h2-9,14,18H,1H3,(H2,17,19). The van der Waals surface area contributed by atoms with Crippen molar-refractivity contribution in [2.45, 2.75) is 6.04 Å². The predicted octanol–water partition coefficient (Wildman–Crippen LogP) is 3.10. The van der Waals surface area contributed by atoms with Gasteiger partial charge in [-0.15, -0.1) is 0 Å². The van der Waals surface area contributed by atoms with Crippen molar-refractivity contribution in [3.8, 4) is 5.75 Å². The highest BCUT2D eigenvalue weighted by molar-refractivity contribution is 9.10. The molecule has 0 radical (unpaired) electrons. The summed E-state index contributed by atoms with van der Waals surface area (Å²) >= 11 is 3.44. The number of primary amides is 1. The highest BCUT2D eigenvalue weighted by Crippen LogP contribution is 2.30. The first-order valence-corrected chi connectivity index (χ1v) is 6.86. The zero-order valence-electron chi connectivity index (χ0n) is 11.0. The molecule has 0 aromatic heterocycles. The molecule has 20 heavy (non-hydrogen) atoms. The van der Waals surface area contributed by atoms with Crippen LogP contribution in [0, 0.1) is 0 Å². The third-order valence-corrected chi connectivity index (χ3v) is 3.63. The Labute approximate surface area is 126 Å². The Balaban J connectivity index is 2.36. The maximum absolute atomic E-state index is 11.8. The van der Waals surface area contributed by atoms with Crippen LogP contribution >= 0.6 is 15.9 Å². The van der Waals surface area contributed by atoms with E-state index in [0.29, 0.717) is 5.75 Å². The Bertz CT molecular complexity index is 616. The second-order valence-corrected chi connectivity index (χ2v) is 5.06. The number of nitrogens with two attached hydrogens (primary N) is 1. The van der Waals surface area contributed by atoms with Gasteiger partial charge in [0.15, 0.2) is 0 Å². The van der Waals surface area contributed by atoms with Gasteiger partial charge < -0.3 is 15.8 Å². The van der Waals surface area contributed by atoms with Crippen LogP contribution in [-0.2, 0) is 4.79 Å². The van der Waals surface area contributed by atoms with E-state index in [1.807, 2.05) is 48.5 Å². The third kappa shape index (κ3) is 3.11. The Morgan fingerprint density at radius 1 is 1.20 bits per heavy atom. The molecule has 0 saturated carbocycles. The zero-order chi connectivity index (χ0) is 14.5. The number of ether oxygens (including phenoxy) is 1. The van der Waals surface area contributed by atoms with Crippen LogP contribution in [0.3, 0.4) is 0 Å². The number of hydrogen-bond donors (Lipinski definition) is 2. The van der Waals surface area contributed by atoms with Gasteiger partial charge in [-0.25, -0.2) is 0 Å². The molecule has 0 bridgehead atoms. The van der Waals surface area contributed by atoms with Crippen LogP contribution < -0.4 is 15.8 Å². The molecule has 0 fully saturated rings. The molecule has 0 heterocycles. The number of hydrogen-bond acceptors (Lipinski definition) is 3. The first-order chi connectivity index (χ1) is 9.63. The van der Waals surface area contributed by atoms with Crippen molar-refractivity contribution in [3.05, 3.63) is 58.6 Å². The highest BCUT2D eigenvalue weighted by Gasteiger charge is 2.21. The molecule has 0 spiro atoms. The van der Waals surface area contributed by atoms with Gasteiger partial charge in [-0.1, -0.05) is 46.3 Å². The van der Waals surface area contributed by atoms with E-state index in [1.54, 1.807) is 7.11 Å². The van der Waals surface area contributed by atoms with Gasteiger partial charge >= 0.3 is 0 Å². The summed E-state index contributed by atoms with van der Waals surface area (Å²) in [6.07, 6.45) is 0. The summed E-state index contributed by atoms with van der Waals surface area (Å²) in [5.74, 6) is 0.202. The van der Waals surface area contributed by atoms with E-state index >= 15 is 0 Å². The monoisotopic (exact) mass is 334 g/mol. The van der Waals surface area contributed by atoms with Gasteiger partial charge in [-0.05, 0) is 23.8 Å². The summed E-state index contributed by atoms with van der Waals surface area (Å²) in [7, 11) is 1.58. The van der Waals surface area contributed by atoms with E-state index in [2.05, 4.69) is 21.2 Å². The van der Waals surface area contributed by atoms with E-state index in [9.17, 15) is 4.79 Å². The first kappa shape index (κ1) is 14.4. The van der Waals surface area contributed by atoms with Crippen LogP contribution in [0.2, 0.25) is 0 Å². The number of rotatable bonds is 5. The Morgan fingerprint density at radius 3 is 2.50 bits per heavy atom.